The molecule has 0 radical (unpaired) electrons. The molecule has 0 bridgehead atoms. The van der Waals surface area contributed by atoms with Crippen molar-refractivity contribution in [3.63, 3.8) is 0 Å². The lowest BCUT2D eigenvalue weighted by molar-refractivity contribution is -0.00952. The van der Waals surface area contributed by atoms with Gasteiger partial charge in [-0.2, -0.15) is 0 Å². The Kier molecular flexibility index (Phi) is 4.65. The Balaban J connectivity index is 2.77. The van der Waals surface area contributed by atoms with Crippen LogP contribution in [-0.4, -0.2) is 35.7 Å². The number of hydrogen-bond donors (Lipinski definition) is 1. The van der Waals surface area contributed by atoms with Gasteiger partial charge >= 0.3 is 6.09 Å². The smallest absolute Gasteiger partial charge is 0.410 e. The van der Waals surface area contributed by atoms with Crippen LogP contribution in [0.4, 0.5) is 4.79 Å². The van der Waals surface area contributed by atoms with Gasteiger partial charge < -0.3 is 15.4 Å². The molecule has 1 amide bonds. The summed E-state index contributed by atoms with van der Waals surface area (Å²) in [5.41, 5.74) is 5.52. The third-order valence-corrected chi connectivity index (χ3v) is 3.83. The summed E-state index contributed by atoms with van der Waals surface area (Å²) in [7, 11) is 0. The highest BCUT2D eigenvalue weighted by atomic mass is 16.6. The predicted molar refractivity (Wildman–Crippen MR) is 73.4 cm³/mol. The maximum atomic E-state index is 12.2. The van der Waals surface area contributed by atoms with Crippen molar-refractivity contribution in [1.29, 1.82) is 0 Å². The number of rotatable bonds is 2. The van der Waals surface area contributed by atoms with Gasteiger partial charge in [-0.3, -0.25) is 0 Å². The van der Waals surface area contributed by atoms with Crippen LogP contribution >= 0.6 is 0 Å². The zero-order valence-electron chi connectivity index (χ0n) is 12.5. The quantitative estimate of drug-likeness (QED) is 0.826. The maximum absolute atomic E-state index is 12.2. The van der Waals surface area contributed by atoms with Gasteiger partial charge in [0, 0.05) is 19.1 Å². The molecule has 1 aliphatic heterocycles. The van der Waals surface area contributed by atoms with E-state index >= 15 is 0 Å². The Bertz CT molecular complexity index is 299. The van der Waals surface area contributed by atoms with Crippen LogP contribution in [0.5, 0.6) is 0 Å². The number of nitrogens with zero attached hydrogens (tertiary/aromatic N) is 1. The minimum atomic E-state index is -0.448. The van der Waals surface area contributed by atoms with Crippen molar-refractivity contribution in [2.24, 2.45) is 11.1 Å². The number of likely N-dealkylation sites (tertiary alicyclic amines) is 1. The molecule has 18 heavy (non-hydrogen) atoms. The number of carbonyl (C=O) groups excluding carboxylic acids is 1. The van der Waals surface area contributed by atoms with Gasteiger partial charge in [-0.25, -0.2) is 4.79 Å². The Labute approximate surface area is 111 Å². The number of ether oxygens (including phenoxy) is 1. The highest BCUT2D eigenvalue weighted by molar-refractivity contribution is 5.68. The summed E-state index contributed by atoms with van der Waals surface area (Å²) in [5, 5.41) is 0. The zero-order valence-corrected chi connectivity index (χ0v) is 12.5. The first-order valence-corrected chi connectivity index (χ1v) is 6.90. The second kappa shape index (κ2) is 5.47. The minimum absolute atomic E-state index is 0.125. The largest absolute Gasteiger partial charge is 0.444 e. The Morgan fingerprint density at radius 3 is 2.56 bits per heavy atom. The van der Waals surface area contributed by atoms with Crippen LogP contribution in [0.3, 0.4) is 0 Å². The van der Waals surface area contributed by atoms with Crippen molar-refractivity contribution < 1.29 is 9.53 Å². The highest BCUT2D eigenvalue weighted by Gasteiger charge is 2.38. The molecule has 0 aromatic heterocycles. The molecule has 1 fully saturated rings. The van der Waals surface area contributed by atoms with Crippen LogP contribution in [-0.2, 0) is 4.74 Å². The average molecular weight is 256 g/mol. The van der Waals surface area contributed by atoms with Gasteiger partial charge in [0.2, 0.25) is 0 Å². The van der Waals surface area contributed by atoms with E-state index in [1.54, 1.807) is 0 Å². The summed E-state index contributed by atoms with van der Waals surface area (Å²) in [5.74, 6) is 0. The van der Waals surface area contributed by atoms with Crippen LogP contribution in [0.25, 0.3) is 0 Å². The lowest BCUT2D eigenvalue weighted by atomic mass is 9.77. The fourth-order valence-electron chi connectivity index (χ4n) is 2.36. The Morgan fingerprint density at radius 2 is 2.11 bits per heavy atom. The van der Waals surface area contributed by atoms with Crippen molar-refractivity contribution in [2.45, 2.75) is 65.5 Å². The number of amides is 1. The number of nitrogens with two attached hydrogens (primary N) is 1. The van der Waals surface area contributed by atoms with Crippen molar-refractivity contribution in [2.75, 3.05) is 13.1 Å². The molecule has 1 heterocycles. The zero-order chi connectivity index (χ0) is 14.0. The Morgan fingerprint density at radius 1 is 1.50 bits per heavy atom. The van der Waals surface area contributed by atoms with E-state index in [1.807, 2.05) is 25.7 Å². The first kappa shape index (κ1) is 15.3. The van der Waals surface area contributed by atoms with Gasteiger partial charge in [0.05, 0.1) is 0 Å². The van der Waals surface area contributed by atoms with Gasteiger partial charge in [0.25, 0.3) is 0 Å². The second-order valence-corrected chi connectivity index (χ2v) is 6.70. The average Bonchev–Trinajstić information content (AvgIpc) is 2.27. The monoisotopic (exact) mass is 256 g/mol. The summed E-state index contributed by atoms with van der Waals surface area (Å²) in [6.07, 6.45) is 2.95. The fraction of sp³-hybridized carbons (Fsp3) is 0.929. The molecule has 0 saturated carbocycles. The van der Waals surface area contributed by atoms with Gasteiger partial charge in [-0.15, -0.1) is 0 Å². The summed E-state index contributed by atoms with van der Waals surface area (Å²) in [6.45, 7) is 11.4. The molecule has 1 aliphatic rings. The van der Waals surface area contributed by atoms with E-state index in [4.69, 9.17) is 10.5 Å². The molecule has 1 rings (SSSR count). The molecule has 0 aliphatic carbocycles. The van der Waals surface area contributed by atoms with Crippen molar-refractivity contribution in [1.82, 2.24) is 4.90 Å². The molecule has 2 N–H and O–H groups in total. The minimum Gasteiger partial charge on any atom is -0.444 e. The fourth-order valence-corrected chi connectivity index (χ4v) is 2.36. The molecule has 2 atom stereocenters. The number of carbonyl (C=O) groups is 1. The molecule has 4 heteroatoms. The van der Waals surface area contributed by atoms with Crippen molar-refractivity contribution in [3.05, 3.63) is 0 Å². The van der Waals surface area contributed by atoms with Gasteiger partial charge in [-0.05, 0) is 45.4 Å². The van der Waals surface area contributed by atoms with Gasteiger partial charge in [0.1, 0.15) is 5.60 Å². The van der Waals surface area contributed by atoms with Crippen LogP contribution in [0.2, 0.25) is 0 Å². The standard InChI is InChI=1S/C14H28N2O2/c1-6-14(5)8-7-11(9-15)16(10-14)12(17)18-13(2,3)4/h11H,6-10,15H2,1-5H3/t11-,14-/m0/s1. The summed E-state index contributed by atoms with van der Waals surface area (Å²) < 4.78 is 5.48. The lowest BCUT2D eigenvalue weighted by Crippen LogP contribution is -2.54. The van der Waals surface area contributed by atoms with E-state index in [1.165, 1.54) is 0 Å². The SMILES string of the molecule is CC[C@@]1(C)CC[C@@H](CN)N(C(=O)OC(C)(C)C)C1. The van der Waals surface area contributed by atoms with Crippen molar-refractivity contribution >= 4 is 6.09 Å². The van der Waals surface area contributed by atoms with E-state index in [2.05, 4.69) is 13.8 Å². The molecule has 1 saturated heterocycles. The summed E-state index contributed by atoms with van der Waals surface area (Å²) in [4.78, 5) is 14.1. The molecule has 106 valence electrons. The summed E-state index contributed by atoms with van der Waals surface area (Å²) in [6, 6.07) is 0.125. The first-order valence-electron chi connectivity index (χ1n) is 6.90. The predicted octanol–water partition coefficient (Wildman–Crippen LogP) is 2.76. The van der Waals surface area contributed by atoms with Gasteiger partial charge in [0.15, 0.2) is 0 Å². The van der Waals surface area contributed by atoms with Crippen LogP contribution in [0.15, 0.2) is 0 Å². The highest BCUT2D eigenvalue weighted by Crippen LogP contribution is 2.35. The topological polar surface area (TPSA) is 55.6 Å². The van der Waals surface area contributed by atoms with Crippen LogP contribution in [0.1, 0.15) is 53.9 Å². The molecular formula is C14H28N2O2. The molecule has 0 aromatic rings. The van der Waals surface area contributed by atoms with E-state index < -0.39 is 5.60 Å². The van der Waals surface area contributed by atoms with Gasteiger partial charge in [-0.1, -0.05) is 13.8 Å². The van der Waals surface area contributed by atoms with E-state index in [0.717, 1.165) is 25.8 Å². The number of hydrogen-bond acceptors (Lipinski definition) is 3. The molecule has 0 unspecified atom stereocenters. The molecule has 4 nitrogen and oxygen atoms in total. The van der Waals surface area contributed by atoms with Crippen molar-refractivity contribution in [3.8, 4) is 0 Å². The third-order valence-electron chi connectivity index (χ3n) is 3.83. The van der Waals surface area contributed by atoms with E-state index in [9.17, 15) is 4.79 Å². The molecule has 0 spiro atoms. The van der Waals surface area contributed by atoms with E-state index in [-0.39, 0.29) is 17.6 Å². The van der Waals surface area contributed by atoms with Crippen LogP contribution in [0, 0.1) is 5.41 Å². The first-order chi connectivity index (χ1) is 8.21. The molecule has 0 aromatic carbocycles. The normalized spacial score (nSPS) is 29.2. The molecular weight excluding hydrogens is 228 g/mol. The third kappa shape index (κ3) is 3.87. The number of piperidine rings is 1. The summed E-state index contributed by atoms with van der Waals surface area (Å²) >= 11 is 0. The Hall–Kier alpha value is -0.770. The second-order valence-electron chi connectivity index (χ2n) is 6.70. The lowest BCUT2D eigenvalue weighted by Gasteiger charge is -2.44. The maximum Gasteiger partial charge on any atom is 0.410 e. The van der Waals surface area contributed by atoms with E-state index in [0.29, 0.717) is 6.54 Å². The van der Waals surface area contributed by atoms with Crippen LogP contribution < -0.4 is 5.73 Å².